The molecular weight excluding hydrogens is 399 g/mol. The summed E-state index contributed by atoms with van der Waals surface area (Å²) in [5, 5.41) is 20.9. The quantitative estimate of drug-likeness (QED) is 0.616. The van der Waals surface area contributed by atoms with Crippen molar-refractivity contribution in [2.24, 2.45) is 0 Å². The van der Waals surface area contributed by atoms with Gasteiger partial charge in [0.1, 0.15) is 29.6 Å². The molecule has 3 aromatic rings. The fraction of sp³-hybridized carbons (Fsp3) is 0.333. The first-order chi connectivity index (χ1) is 15.1. The highest BCUT2D eigenvalue weighted by Crippen LogP contribution is 2.22. The zero-order valence-corrected chi connectivity index (χ0v) is 17.0. The highest BCUT2D eigenvalue weighted by atomic mass is 19.1. The van der Waals surface area contributed by atoms with E-state index in [-0.39, 0.29) is 18.1 Å². The van der Waals surface area contributed by atoms with Crippen LogP contribution in [-0.4, -0.2) is 62.2 Å². The minimum Gasteiger partial charge on any atom is -0.352 e. The van der Waals surface area contributed by atoms with E-state index in [2.05, 4.69) is 26.6 Å². The Hall–Kier alpha value is -3.87. The van der Waals surface area contributed by atoms with E-state index in [0.717, 1.165) is 0 Å². The summed E-state index contributed by atoms with van der Waals surface area (Å²) in [6.07, 6.45) is 1.94. The molecule has 2 aromatic heterocycles. The molecule has 0 aliphatic carbocycles. The average molecular weight is 420 g/mol. The van der Waals surface area contributed by atoms with E-state index in [0.29, 0.717) is 48.9 Å². The van der Waals surface area contributed by atoms with Gasteiger partial charge in [0.05, 0.1) is 5.56 Å². The number of carbonyl (C=O) groups is 1. The van der Waals surface area contributed by atoms with Gasteiger partial charge in [-0.1, -0.05) is 12.1 Å². The fourth-order valence-corrected chi connectivity index (χ4v) is 3.78. The number of piperazine rings is 1. The van der Waals surface area contributed by atoms with Crippen LogP contribution in [0.4, 0.5) is 10.2 Å². The molecule has 3 heterocycles. The molecule has 4 rings (SSSR count). The molecule has 31 heavy (non-hydrogen) atoms. The molecule has 1 atom stereocenters. The minimum absolute atomic E-state index is 0.124. The SMILES string of the molecule is Cc1nnnn1C(Cc1cccc(F)c1)C(=O)N1CCN(c2ncccc2C#N)CC1. The topological polar surface area (TPSA) is 104 Å². The third-order valence-corrected chi connectivity index (χ3v) is 5.35. The van der Waals surface area contributed by atoms with Gasteiger partial charge in [-0.05, 0) is 47.2 Å². The molecule has 1 amide bonds. The van der Waals surface area contributed by atoms with Crippen molar-refractivity contribution in [1.82, 2.24) is 30.1 Å². The van der Waals surface area contributed by atoms with Gasteiger partial charge >= 0.3 is 0 Å². The Labute approximate surface area is 178 Å². The molecular formula is C21H21FN8O. The van der Waals surface area contributed by atoms with Crippen LogP contribution >= 0.6 is 0 Å². The maximum absolute atomic E-state index is 13.7. The van der Waals surface area contributed by atoms with Crippen LogP contribution in [0.25, 0.3) is 0 Å². The summed E-state index contributed by atoms with van der Waals surface area (Å²) in [4.78, 5) is 21.5. The summed E-state index contributed by atoms with van der Waals surface area (Å²) in [6, 6.07) is 11.1. The fourth-order valence-electron chi connectivity index (χ4n) is 3.78. The monoisotopic (exact) mass is 420 g/mol. The summed E-state index contributed by atoms with van der Waals surface area (Å²) < 4.78 is 15.2. The number of anilines is 1. The molecule has 10 heteroatoms. The Morgan fingerprint density at radius 3 is 2.71 bits per heavy atom. The van der Waals surface area contributed by atoms with Crippen LogP contribution in [0.15, 0.2) is 42.6 Å². The highest BCUT2D eigenvalue weighted by Gasteiger charge is 2.31. The van der Waals surface area contributed by atoms with Crippen LogP contribution in [0.1, 0.15) is 23.0 Å². The number of amides is 1. The predicted molar refractivity (Wildman–Crippen MR) is 109 cm³/mol. The van der Waals surface area contributed by atoms with Crippen molar-refractivity contribution < 1.29 is 9.18 Å². The third kappa shape index (κ3) is 4.35. The molecule has 1 fully saturated rings. The molecule has 158 valence electrons. The van der Waals surface area contributed by atoms with E-state index < -0.39 is 6.04 Å². The number of pyridine rings is 1. The van der Waals surface area contributed by atoms with Gasteiger partial charge < -0.3 is 9.80 Å². The number of hydrogen-bond acceptors (Lipinski definition) is 7. The first-order valence-corrected chi connectivity index (χ1v) is 9.94. The molecule has 0 N–H and O–H groups in total. The van der Waals surface area contributed by atoms with Crippen molar-refractivity contribution in [3.05, 3.63) is 65.4 Å². The van der Waals surface area contributed by atoms with Crippen LogP contribution in [-0.2, 0) is 11.2 Å². The molecule has 9 nitrogen and oxygen atoms in total. The Morgan fingerprint density at radius 2 is 2.03 bits per heavy atom. The van der Waals surface area contributed by atoms with Crippen molar-refractivity contribution in [2.75, 3.05) is 31.1 Å². The van der Waals surface area contributed by atoms with Crippen LogP contribution < -0.4 is 4.90 Å². The Balaban J connectivity index is 1.51. The molecule has 1 aliphatic heterocycles. The Morgan fingerprint density at radius 1 is 1.23 bits per heavy atom. The van der Waals surface area contributed by atoms with Crippen LogP contribution in [0, 0.1) is 24.1 Å². The van der Waals surface area contributed by atoms with Gasteiger partial charge in [-0.3, -0.25) is 4.79 Å². The van der Waals surface area contributed by atoms with Crippen LogP contribution in [0.2, 0.25) is 0 Å². The lowest BCUT2D eigenvalue weighted by Gasteiger charge is -2.37. The van der Waals surface area contributed by atoms with Gasteiger partial charge in [-0.15, -0.1) is 5.10 Å². The number of hydrogen-bond donors (Lipinski definition) is 0. The lowest BCUT2D eigenvalue weighted by molar-refractivity contribution is -0.135. The second kappa shape index (κ2) is 8.87. The van der Waals surface area contributed by atoms with Gasteiger partial charge in [0.15, 0.2) is 0 Å². The summed E-state index contributed by atoms with van der Waals surface area (Å²) >= 11 is 0. The summed E-state index contributed by atoms with van der Waals surface area (Å²) in [6.45, 7) is 3.79. The number of aromatic nitrogens is 5. The van der Waals surface area contributed by atoms with E-state index in [1.165, 1.54) is 16.8 Å². The van der Waals surface area contributed by atoms with Crippen molar-refractivity contribution in [2.45, 2.75) is 19.4 Å². The van der Waals surface area contributed by atoms with Crippen molar-refractivity contribution in [1.29, 1.82) is 5.26 Å². The van der Waals surface area contributed by atoms with Crippen molar-refractivity contribution in [3.63, 3.8) is 0 Å². The number of carbonyl (C=O) groups excluding carboxylic acids is 1. The lowest BCUT2D eigenvalue weighted by Crippen LogP contribution is -2.51. The number of rotatable bonds is 5. The number of nitriles is 1. The maximum atomic E-state index is 13.7. The molecule has 0 radical (unpaired) electrons. The van der Waals surface area contributed by atoms with Gasteiger partial charge in [0.25, 0.3) is 0 Å². The highest BCUT2D eigenvalue weighted by molar-refractivity contribution is 5.81. The molecule has 1 aliphatic rings. The lowest BCUT2D eigenvalue weighted by atomic mass is 10.0. The number of benzene rings is 1. The smallest absolute Gasteiger partial charge is 0.248 e. The van der Waals surface area contributed by atoms with Crippen molar-refractivity contribution >= 4 is 11.7 Å². The standard InChI is InChI=1S/C21H21FN8O/c1-15-25-26-27-30(15)19(13-16-4-2-6-18(22)12-16)21(31)29-10-8-28(9-11-29)20-17(14-23)5-3-7-24-20/h2-7,12,19H,8-11,13H2,1H3. The third-order valence-electron chi connectivity index (χ3n) is 5.35. The first kappa shape index (κ1) is 20.4. The van der Waals surface area contributed by atoms with Gasteiger partial charge in [-0.25, -0.2) is 14.1 Å². The first-order valence-electron chi connectivity index (χ1n) is 9.94. The Bertz CT molecular complexity index is 1120. The Kier molecular flexibility index (Phi) is 5.84. The number of halogens is 1. The van der Waals surface area contributed by atoms with Crippen LogP contribution in [0.5, 0.6) is 0 Å². The zero-order chi connectivity index (χ0) is 21.8. The number of aryl methyl sites for hydroxylation is 1. The second-order valence-corrected chi connectivity index (χ2v) is 7.32. The van der Waals surface area contributed by atoms with Crippen LogP contribution in [0.3, 0.4) is 0 Å². The molecule has 0 saturated carbocycles. The normalized spacial score (nSPS) is 14.9. The summed E-state index contributed by atoms with van der Waals surface area (Å²) in [7, 11) is 0. The van der Waals surface area contributed by atoms with E-state index in [1.54, 1.807) is 42.3 Å². The average Bonchev–Trinajstić information content (AvgIpc) is 3.22. The van der Waals surface area contributed by atoms with Gasteiger partial charge in [0.2, 0.25) is 5.91 Å². The van der Waals surface area contributed by atoms with E-state index in [1.807, 2.05) is 4.90 Å². The van der Waals surface area contributed by atoms with E-state index >= 15 is 0 Å². The molecule has 1 aromatic carbocycles. The summed E-state index contributed by atoms with van der Waals surface area (Å²) in [5.74, 6) is 0.667. The summed E-state index contributed by atoms with van der Waals surface area (Å²) in [5.41, 5.74) is 1.20. The molecule has 0 spiro atoms. The minimum atomic E-state index is -0.673. The molecule has 0 bridgehead atoms. The molecule has 1 saturated heterocycles. The van der Waals surface area contributed by atoms with Crippen molar-refractivity contribution in [3.8, 4) is 6.07 Å². The van der Waals surface area contributed by atoms with Gasteiger partial charge in [-0.2, -0.15) is 5.26 Å². The zero-order valence-electron chi connectivity index (χ0n) is 17.0. The largest absolute Gasteiger partial charge is 0.352 e. The number of tetrazole rings is 1. The maximum Gasteiger partial charge on any atom is 0.248 e. The van der Waals surface area contributed by atoms with Gasteiger partial charge in [0, 0.05) is 38.8 Å². The van der Waals surface area contributed by atoms with E-state index in [9.17, 15) is 14.4 Å². The van der Waals surface area contributed by atoms with E-state index in [4.69, 9.17) is 0 Å². The predicted octanol–water partition coefficient (Wildman–Crippen LogP) is 1.52. The number of nitrogens with zero attached hydrogens (tertiary/aromatic N) is 8. The molecule has 1 unspecified atom stereocenters. The second-order valence-electron chi connectivity index (χ2n) is 7.32.